The van der Waals surface area contributed by atoms with E-state index in [1.54, 1.807) is 10.9 Å². The highest BCUT2D eigenvalue weighted by Crippen LogP contribution is 2.28. The van der Waals surface area contributed by atoms with Gasteiger partial charge in [0.15, 0.2) is 5.69 Å². The van der Waals surface area contributed by atoms with Crippen molar-refractivity contribution in [2.45, 2.75) is 38.1 Å². The minimum absolute atomic E-state index is 0. The molecular formula is C16H22ClN5O. The van der Waals surface area contributed by atoms with E-state index in [0.717, 1.165) is 36.9 Å². The molecule has 0 aliphatic heterocycles. The molecule has 1 saturated carbocycles. The Hall–Kier alpha value is -1.92. The molecule has 1 aromatic carbocycles. The van der Waals surface area contributed by atoms with Crippen LogP contribution in [0, 0.1) is 6.92 Å². The number of aryl methyl sites for hydroxylation is 1. The summed E-state index contributed by atoms with van der Waals surface area (Å²) in [4.78, 5) is 12.4. The van der Waals surface area contributed by atoms with Gasteiger partial charge in [-0.05, 0) is 37.5 Å². The molecule has 7 heteroatoms. The van der Waals surface area contributed by atoms with Crippen LogP contribution in [0.3, 0.4) is 0 Å². The lowest BCUT2D eigenvalue weighted by molar-refractivity contribution is 0.0898. The Kier molecular flexibility index (Phi) is 5.38. The highest BCUT2D eigenvalue weighted by atomic mass is 35.5. The molecule has 0 unspecified atom stereocenters. The van der Waals surface area contributed by atoms with Crippen molar-refractivity contribution in [3.05, 3.63) is 41.7 Å². The molecule has 3 rings (SSSR count). The zero-order chi connectivity index (χ0) is 15.6. The maximum Gasteiger partial charge on any atom is 0.273 e. The van der Waals surface area contributed by atoms with Crippen LogP contribution in [-0.2, 0) is 0 Å². The van der Waals surface area contributed by atoms with Crippen LogP contribution in [0.4, 0.5) is 0 Å². The fourth-order valence-corrected chi connectivity index (χ4v) is 3.00. The van der Waals surface area contributed by atoms with E-state index in [9.17, 15) is 4.79 Å². The Morgan fingerprint density at radius 1 is 1.39 bits per heavy atom. The average molecular weight is 336 g/mol. The maximum atomic E-state index is 12.4. The van der Waals surface area contributed by atoms with Crippen LogP contribution in [0.1, 0.15) is 41.7 Å². The van der Waals surface area contributed by atoms with Crippen molar-refractivity contribution in [1.29, 1.82) is 0 Å². The predicted molar refractivity (Wildman–Crippen MR) is 91.1 cm³/mol. The van der Waals surface area contributed by atoms with Crippen LogP contribution in [0.5, 0.6) is 0 Å². The number of hydrogen-bond acceptors (Lipinski definition) is 4. The smallest absolute Gasteiger partial charge is 0.273 e. The van der Waals surface area contributed by atoms with Gasteiger partial charge in [0.25, 0.3) is 5.91 Å². The van der Waals surface area contributed by atoms with E-state index < -0.39 is 0 Å². The molecule has 1 fully saturated rings. The number of hydrogen-bond donors (Lipinski definition) is 2. The monoisotopic (exact) mass is 335 g/mol. The van der Waals surface area contributed by atoms with Gasteiger partial charge in [-0.1, -0.05) is 30.2 Å². The van der Waals surface area contributed by atoms with E-state index in [1.165, 1.54) is 0 Å². The largest absolute Gasteiger partial charge is 0.344 e. The molecule has 1 amide bonds. The van der Waals surface area contributed by atoms with Crippen LogP contribution >= 0.6 is 12.4 Å². The number of carbonyl (C=O) groups excluding carboxylic acids is 1. The van der Waals surface area contributed by atoms with Gasteiger partial charge in [-0.25, -0.2) is 4.68 Å². The number of nitrogens with zero attached hydrogens (tertiary/aromatic N) is 3. The fraction of sp³-hybridized carbons (Fsp3) is 0.438. The van der Waals surface area contributed by atoms with Gasteiger partial charge < -0.3 is 11.1 Å². The van der Waals surface area contributed by atoms with Gasteiger partial charge in [0.1, 0.15) is 0 Å². The summed E-state index contributed by atoms with van der Waals surface area (Å²) >= 11 is 0. The second kappa shape index (κ2) is 7.10. The van der Waals surface area contributed by atoms with Crippen molar-refractivity contribution in [2.75, 3.05) is 6.54 Å². The average Bonchev–Trinajstić information content (AvgIpc) is 3.17. The molecule has 2 aromatic rings. The van der Waals surface area contributed by atoms with Crippen LogP contribution in [0.2, 0.25) is 0 Å². The lowest BCUT2D eigenvalue weighted by atomic mass is 9.98. The lowest BCUT2D eigenvalue weighted by Crippen LogP contribution is -2.51. The molecule has 23 heavy (non-hydrogen) atoms. The van der Waals surface area contributed by atoms with Gasteiger partial charge in [-0.15, -0.1) is 17.5 Å². The first kappa shape index (κ1) is 17.4. The third-order valence-corrected chi connectivity index (χ3v) is 4.32. The number of nitrogens with two attached hydrogens (primary N) is 1. The topological polar surface area (TPSA) is 85.8 Å². The van der Waals surface area contributed by atoms with Gasteiger partial charge in [0.05, 0.1) is 17.4 Å². The summed E-state index contributed by atoms with van der Waals surface area (Å²) in [6.45, 7) is 2.48. The highest BCUT2D eigenvalue weighted by Gasteiger charge is 2.34. The fourth-order valence-electron chi connectivity index (χ4n) is 3.00. The van der Waals surface area contributed by atoms with E-state index >= 15 is 0 Å². The molecule has 0 saturated heterocycles. The first-order valence-electron chi connectivity index (χ1n) is 7.64. The van der Waals surface area contributed by atoms with Crippen LogP contribution in [0.25, 0.3) is 5.69 Å². The van der Waals surface area contributed by atoms with Crippen molar-refractivity contribution >= 4 is 18.3 Å². The molecule has 6 nitrogen and oxygen atoms in total. The Labute approximate surface area is 141 Å². The third-order valence-electron chi connectivity index (χ3n) is 4.32. The molecule has 0 bridgehead atoms. The van der Waals surface area contributed by atoms with Gasteiger partial charge in [0.2, 0.25) is 0 Å². The summed E-state index contributed by atoms with van der Waals surface area (Å²) in [5.74, 6) is -0.203. The number of aromatic nitrogens is 3. The first-order valence-corrected chi connectivity index (χ1v) is 7.64. The maximum absolute atomic E-state index is 12.4. The van der Waals surface area contributed by atoms with Crippen molar-refractivity contribution in [3.8, 4) is 5.69 Å². The second-order valence-corrected chi connectivity index (χ2v) is 6.03. The van der Waals surface area contributed by atoms with E-state index in [4.69, 9.17) is 5.73 Å². The van der Waals surface area contributed by atoms with E-state index in [0.29, 0.717) is 12.2 Å². The number of halogens is 1. The molecule has 1 aromatic heterocycles. The summed E-state index contributed by atoms with van der Waals surface area (Å²) in [5, 5.41) is 11.1. The van der Waals surface area contributed by atoms with Crippen LogP contribution in [0.15, 0.2) is 30.5 Å². The van der Waals surface area contributed by atoms with Crippen molar-refractivity contribution in [2.24, 2.45) is 5.73 Å². The van der Waals surface area contributed by atoms with Crippen molar-refractivity contribution in [3.63, 3.8) is 0 Å². The summed E-state index contributed by atoms with van der Waals surface area (Å²) in [7, 11) is 0. The zero-order valence-electron chi connectivity index (χ0n) is 13.2. The van der Waals surface area contributed by atoms with E-state index in [2.05, 4.69) is 15.6 Å². The van der Waals surface area contributed by atoms with Crippen molar-refractivity contribution in [1.82, 2.24) is 20.3 Å². The van der Waals surface area contributed by atoms with Crippen LogP contribution < -0.4 is 11.1 Å². The Morgan fingerprint density at radius 3 is 2.78 bits per heavy atom. The van der Waals surface area contributed by atoms with Gasteiger partial charge in [0, 0.05) is 6.54 Å². The number of carbonyl (C=O) groups is 1. The van der Waals surface area contributed by atoms with Gasteiger partial charge in [-0.2, -0.15) is 0 Å². The summed E-state index contributed by atoms with van der Waals surface area (Å²) in [6.07, 6.45) is 5.73. The molecular weight excluding hydrogens is 314 g/mol. The molecule has 3 N–H and O–H groups in total. The molecule has 1 heterocycles. The number of benzene rings is 1. The van der Waals surface area contributed by atoms with Crippen LogP contribution in [-0.4, -0.2) is 33.0 Å². The lowest BCUT2D eigenvalue weighted by Gasteiger charge is -2.28. The minimum Gasteiger partial charge on any atom is -0.344 e. The summed E-state index contributed by atoms with van der Waals surface area (Å²) < 4.78 is 1.62. The number of rotatable bonds is 4. The normalized spacial score (nSPS) is 15.9. The predicted octanol–water partition coefficient (Wildman–Crippen LogP) is 2.00. The van der Waals surface area contributed by atoms with E-state index in [1.807, 2.05) is 31.2 Å². The van der Waals surface area contributed by atoms with Gasteiger partial charge >= 0.3 is 0 Å². The number of amides is 1. The zero-order valence-corrected chi connectivity index (χ0v) is 14.0. The molecule has 0 atom stereocenters. The summed E-state index contributed by atoms with van der Waals surface area (Å²) in [5.41, 5.74) is 7.92. The quantitative estimate of drug-likeness (QED) is 0.894. The Balaban J connectivity index is 0.00000192. The van der Waals surface area contributed by atoms with Gasteiger partial charge in [-0.3, -0.25) is 4.79 Å². The standard InChI is InChI=1S/C16H21N5O.ClH/c1-12-5-4-6-13(9-12)21-10-14(19-20-21)15(22)18-16(11-17)7-2-3-8-16;/h4-6,9-10H,2-3,7-8,11,17H2,1H3,(H,18,22);1H. The van der Waals surface area contributed by atoms with E-state index in [-0.39, 0.29) is 23.9 Å². The summed E-state index contributed by atoms with van der Waals surface area (Å²) in [6, 6.07) is 7.89. The molecule has 0 radical (unpaired) electrons. The SMILES string of the molecule is Cc1cccc(-n2cc(C(=O)NC3(CN)CCCC3)nn2)c1.Cl. The minimum atomic E-state index is -0.274. The Morgan fingerprint density at radius 2 is 2.13 bits per heavy atom. The molecule has 124 valence electrons. The Bertz CT molecular complexity index is 679. The first-order chi connectivity index (χ1) is 10.6. The van der Waals surface area contributed by atoms with Crippen molar-refractivity contribution < 1.29 is 4.79 Å². The number of nitrogens with one attached hydrogen (secondary N) is 1. The highest BCUT2D eigenvalue weighted by molar-refractivity contribution is 5.92. The molecule has 0 spiro atoms. The molecule has 1 aliphatic rings. The second-order valence-electron chi connectivity index (χ2n) is 6.03. The molecule has 1 aliphatic carbocycles. The third kappa shape index (κ3) is 3.71.